The van der Waals surface area contributed by atoms with Gasteiger partial charge in [0.2, 0.25) is 11.7 Å². The van der Waals surface area contributed by atoms with Crippen molar-refractivity contribution >= 4 is 0 Å². The van der Waals surface area contributed by atoms with Gasteiger partial charge in [0.25, 0.3) is 0 Å². The van der Waals surface area contributed by atoms with E-state index in [1.165, 1.54) is 0 Å². The lowest BCUT2D eigenvalue weighted by Gasteiger charge is -2.05. The molecule has 8 heteroatoms. The van der Waals surface area contributed by atoms with Gasteiger partial charge in [0.15, 0.2) is 0 Å². The van der Waals surface area contributed by atoms with Crippen LogP contribution in [-0.2, 0) is 6.54 Å². The monoisotopic (exact) mass is 301 g/mol. The first-order chi connectivity index (χ1) is 9.98. The van der Waals surface area contributed by atoms with Crippen molar-refractivity contribution in [1.29, 1.82) is 0 Å². The Kier molecular flexibility index (Phi) is 4.79. The molecule has 0 aliphatic rings. The molecule has 0 aliphatic carbocycles. The molecule has 1 heterocycles. The topological polar surface area (TPSA) is 60.2 Å². The SMILES string of the molecule is CCOc1cccc(-c2noc(CNCC(F)(F)F)n2)c1. The van der Waals surface area contributed by atoms with Gasteiger partial charge < -0.3 is 14.6 Å². The third-order valence-electron chi connectivity index (χ3n) is 2.47. The van der Waals surface area contributed by atoms with Crippen LogP contribution in [0.15, 0.2) is 28.8 Å². The van der Waals surface area contributed by atoms with E-state index in [4.69, 9.17) is 9.26 Å². The number of ether oxygens (including phenoxy) is 1. The number of nitrogens with one attached hydrogen (secondary N) is 1. The second kappa shape index (κ2) is 6.57. The van der Waals surface area contributed by atoms with Crippen LogP contribution in [0.3, 0.4) is 0 Å². The van der Waals surface area contributed by atoms with Crippen LogP contribution in [0.25, 0.3) is 11.4 Å². The van der Waals surface area contributed by atoms with Gasteiger partial charge >= 0.3 is 6.18 Å². The summed E-state index contributed by atoms with van der Waals surface area (Å²) in [5, 5.41) is 5.93. The van der Waals surface area contributed by atoms with Crippen LogP contribution in [0.1, 0.15) is 12.8 Å². The van der Waals surface area contributed by atoms with Gasteiger partial charge in [-0.3, -0.25) is 0 Å². The highest BCUT2D eigenvalue weighted by molar-refractivity contribution is 5.56. The molecule has 1 aromatic heterocycles. The van der Waals surface area contributed by atoms with E-state index < -0.39 is 12.7 Å². The molecule has 5 nitrogen and oxygen atoms in total. The highest BCUT2D eigenvalue weighted by Gasteiger charge is 2.26. The van der Waals surface area contributed by atoms with Gasteiger partial charge in [0.1, 0.15) is 5.75 Å². The van der Waals surface area contributed by atoms with Crippen molar-refractivity contribution < 1.29 is 22.4 Å². The molecule has 1 aromatic carbocycles. The lowest BCUT2D eigenvalue weighted by Crippen LogP contribution is -2.28. The molecule has 0 spiro atoms. The van der Waals surface area contributed by atoms with Crippen LogP contribution < -0.4 is 10.1 Å². The average Bonchev–Trinajstić information content (AvgIpc) is 2.87. The third kappa shape index (κ3) is 4.75. The average molecular weight is 301 g/mol. The molecule has 1 N–H and O–H groups in total. The summed E-state index contributed by atoms with van der Waals surface area (Å²) in [6, 6.07) is 7.07. The summed E-state index contributed by atoms with van der Waals surface area (Å²) in [7, 11) is 0. The van der Waals surface area contributed by atoms with Crippen LogP contribution in [0.4, 0.5) is 13.2 Å². The summed E-state index contributed by atoms with van der Waals surface area (Å²) in [6.07, 6.45) is -4.27. The van der Waals surface area contributed by atoms with E-state index in [1.54, 1.807) is 24.3 Å². The number of aromatic nitrogens is 2. The summed E-state index contributed by atoms with van der Waals surface area (Å²) in [6.45, 7) is 1.15. The quantitative estimate of drug-likeness (QED) is 0.889. The van der Waals surface area contributed by atoms with Crippen molar-refractivity contribution in [3.05, 3.63) is 30.2 Å². The molecular weight excluding hydrogens is 287 g/mol. The van der Waals surface area contributed by atoms with Crippen molar-refractivity contribution in [3.8, 4) is 17.1 Å². The second-order valence-corrected chi connectivity index (χ2v) is 4.19. The maximum Gasteiger partial charge on any atom is 0.401 e. The Morgan fingerprint density at radius 1 is 1.33 bits per heavy atom. The first-order valence-corrected chi connectivity index (χ1v) is 6.31. The molecule has 0 atom stereocenters. The van der Waals surface area contributed by atoms with Crippen LogP contribution in [0.2, 0.25) is 0 Å². The lowest BCUT2D eigenvalue weighted by molar-refractivity contribution is -0.125. The zero-order valence-corrected chi connectivity index (χ0v) is 11.3. The van der Waals surface area contributed by atoms with Crippen LogP contribution in [0, 0.1) is 0 Å². The fourth-order valence-corrected chi connectivity index (χ4v) is 1.65. The number of alkyl halides is 3. The van der Waals surface area contributed by atoms with Crippen LogP contribution >= 0.6 is 0 Å². The van der Waals surface area contributed by atoms with E-state index in [1.807, 2.05) is 6.92 Å². The number of hydrogen-bond donors (Lipinski definition) is 1. The van der Waals surface area contributed by atoms with E-state index >= 15 is 0 Å². The van der Waals surface area contributed by atoms with E-state index in [0.717, 1.165) is 0 Å². The van der Waals surface area contributed by atoms with Crippen molar-refractivity contribution in [3.63, 3.8) is 0 Å². The molecule has 0 aliphatic heterocycles. The summed E-state index contributed by atoms with van der Waals surface area (Å²) in [5.41, 5.74) is 0.673. The highest BCUT2D eigenvalue weighted by atomic mass is 19.4. The molecule has 0 saturated heterocycles. The summed E-state index contributed by atoms with van der Waals surface area (Å²) in [5.74, 6) is 1.06. The van der Waals surface area contributed by atoms with Crippen molar-refractivity contribution in [2.24, 2.45) is 0 Å². The van der Waals surface area contributed by atoms with E-state index in [2.05, 4.69) is 15.5 Å². The molecular formula is C13H14F3N3O2. The number of hydrogen-bond acceptors (Lipinski definition) is 5. The third-order valence-corrected chi connectivity index (χ3v) is 2.47. The van der Waals surface area contributed by atoms with Gasteiger partial charge in [-0.05, 0) is 19.1 Å². The number of benzene rings is 1. The van der Waals surface area contributed by atoms with Gasteiger partial charge in [-0.25, -0.2) is 0 Å². The van der Waals surface area contributed by atoms with E-state index in [-0.39, 0.29) is 12.4 Å². The Morgan fingerprint density at radius 2 is 2.14 bits per heavy atom. The van der Waals surface area contributed by atoms with Crippen molar-refractivity contribution in [1.82, 2.24) is 15.5 Å². The predicted molar refractivity (Wildman–Crippen MR) is 68.7 cm³/mol. The molecule has 0 saturated carbocycles. The summed E-state index contributed by atoms with van der Waals surface area (Å²) >= 11 is 0. The van der Waals surface area contributed by atoms with Crippen LogP contribution in [0.5, 0.6) is 5.75 Å². The molecule has 0 amide bonds. The molecule has 21 heavy (non-hydrogen) atoms. The molecule has 0 bridgehead atoms. The maximum absolute atomic E-state index is 12.0. The number of nitrogens with zero attached hydrogens (tertiary/aromatic N) is 2. The van der Waals surface area contributed by atoms with Gasteiger partial charge in [-0.15, -0.1) is 0 Å². The minimum Gasteiger partial charge on any atom is -0.494 e. The maximum atomic E-state index is 12.0. The standard InChI is InChI=1S/C13H14F3N3O2/c1-2-20-10-5-3-4-9(6-10)12-18-11(21-19-12)7-17-8-13(14,15)16/h3-6,17H,2,7-8H2,1H3. The zero-order chi connectivity index (χ0) is 15.3. The highest BCUT2D eigenvalue weighted by Crippen LogP contribution is 2.21. The molecule has 0 fully saturated rings. The van der Waals surface area contributed by atoms with E-state index in [0.29, 0.717) is 23.7 Å². The first kappa shape index (κ1) is 15.3. The molecule has 2 rings (SSSR count). The van der Waals surface area contributed by atoms with Crippen molar-refractivity contribution in [2.45, 2.75) is 19.6 Å². The predicted octanol–water partition coefficient (Wildman–Crippen LogP) is 2.79. The zero-order valence-electron chi connectivity index (χ0n) is 11.3. The molecule has 0 unspecified atom stereocenters. The Balaban J connectivity index is 2.00. The first-order valence-electron chi connectivity index (χ1n) is 6.31. The second-order valence-electron chi connectivity index (χ2n) is 4.19. The van der Waals surface area contributed by atoms with Gasteiger partial charge in [-0.1, -0.05) is 17.3 Å². The van der Waals surface area contributed by atoms with Crippen LogP contribution in [-0.4, -0.2) is 29.5 Å². The Hall–Kier alpha value is -2.09. The smallest absolute Gasteiger partial charge is 0.401 e. The summed E-state index contributed by atoms with van der Waals surface area (Å²) in [4.78, 5) is 4.04. The minimum absolute atomic E-state index is 0.0936. The largest absolute Gasteiger partial charge is 0.494 e. The number of halogens is 3. The fraction of sp³-hybridized carbons (Fsp3) is 0.385. The molecule has 114 valence electrons. The van der Waals surface area contributed by atoms with Gasteiger partial charge in [0.05, 0.1) is 19.7 Å². The Bertz CT molecular complexity index is 584. The van der Waals surface area contributed by atoms with E-state index in [9.17, 15) is 13.2 Å². The fourth-order valence-electron chi connectivity index (χ4n) is 1.65. The Morgan fingerprint density at radius 3 is 2.86 bits per heavy atom. The molecule has 2 aromatic rings. The molecule has 0 radical (unpaired) electrons. The minimum atomic E-state index is -4.27. The normalized spacial score (nSPS) is 11.6. The van der Waals surface area contributed by atoms with Gasteiger partial charge in [0, 0.05) is 5.56 Å². The lowest BCUT2D eigenvalue weighted by atomic mass is 10.2. The Labute approximate surface area is 119 Å². The van der Waals surface area contributed by atoms with Gasteiger partial charge in [-0.2, -0.15) is 18.2 Å². The van der Waals surface area contributed by atoms with Crippen molar-refractivity contribution in [2.75, 3.05) is 13.2 Å². The summed E-state index contributed by atoms with van der Waals surface area (Å²) < 4.78 is 46.3. The number of rotatable bonds is 6.